The molecule has 1 aromatic heterocycles. The molecule has 0 bridgehead atoms. The van der Waals surface area contributed by atoms with Gasteiger partial charge in [-0.2, -0.15) is 5.01 Å². The van der Waals surface area contributed by atoms with Crippen LogP contribution in [-0.2, 0) is 20.9 Å². The number of benzene rings is 1. The Kier molecular flexibility index (Phi) is 6.64. The number of amides is 3. The molecule has 1 saturated heterocycles. The third kappa shape index (κ3) is 5.39. The SMILES string of the molecule is CC1=CC(=O)N(Nc2cc(CN3CCN(C(=O)OC(C)(C)C)CC3)c3ccc(Br)cc3n2)C1=O. The van der Waals surface area contributed by atoms with Gasteiger partial charge in [-0.3, -0.25) is 19.9 Å². The van der Waals surface area contributed by atoms with Crippen molar-refractivity contribution < 1.29 is 19.1 Å². The Hall–Kier alpha value is -2.98. The van der Waals surface area contributed by atoms with E-state index >= 15 is 0 Å². The highest BCUT2D eigenvalue weighted by molar-refractivity contribution is 9.10. The molecular formula is C24H28BrN5O4. The lowest BCUT2D eigenvalue weighted by molar-refractivity contribution is -0.135. The van der Waals surface area contributed by atoms with E-state index in [1.165, 1.54) is 6.08 Å². The molecule has 9 nitrogen and oxygen atoms in total. The van der Waals surface area contributed by atoms with Crippen molar-refractivity contribution in [1.82, 2.24) is 19.8 Å². The number of nitrogens with one attached hydrogen (secondary N) is 1. The van der Waals surface area contributed by atoms with Gasteiger partial charge < -0.3 is 9.64 Å². The van der Waals surface area contributed by atoms with E-state index in [2.05, 4.69) is 31.2 Å². The molecule has 3 heterocycles. The number of pyridine rings is 1. The summed E-state index contributed by atoms with van der Waals surface area (Å²) in [5.74, 6) is -0.391. The van der Waals surface area contributed by atoms with Gasteiger partial charge >= 0.3 is 6.09 Å². The highest BCUT2D eigenvalue weighted by Gasteiger charge is 2.30. The van der Waals surface area contributed by atoms with Crippen LogP contribution >= 0.6 is 15.9 Å². The van der Waals surface area contributed by atoms with Crippen LogP contribution in [0.4, 0.5) is 10.6 Å². The standard InChI is InChI=1S/C24H28BrN5O4/c1-15-11-21(31)30(22(15)32)27-20-12-16(18-6-5-17(25)13-19(18)26-20)14-28-7-9-29(10-8-28)23(33)34-24(2,3)4/h5-6,11-13H,7-10,14H2,1-4H3,(H,26,27). The fourth-order valence-corrected chi connectivity index (χ4v) is 4.28. The monoisotopic (exact) mass is 529 g/mol. The zero-order valence-electron chi connectivity index (χ0n) is 19.7. The van der Waals surface area contributed by atoms with E-state index in [4.69, 9.17) is 4.74 Å². The fourth-order valence-electron chi connectivity index (χ4n) is 3.93. The molecule has 1 N–H and O–H groups in total. The number of nitrogens with zero attached hydrogens (tertiary/aromatic N) is 4. The summed E-state index contributed by atoms with van der Waals surface area (Å²) in [7, 11) is 0. The highest BCUT2D eigenvalue weighted by atomic mass is 79.9. The number of anilines is 1. The quantitative estimate of drug-likeness (QED) is 0.603. The molecule has 2 aromatic rings. The number of ether oxygens (including phenoxy) is 1. The predicted molar refractivity (Wildman–Crippen MR) is 132 cm³/mol. The van der Waals surface area contributed by atoms with Crippen molar-refractivity contribution in [3.8, 4) is 0 Å². The Morgan fingerprint density at radius 3 is 2.47 bits per heavy atom. The van der Waals surface area contributed by atoms with E-state index in [1.807, 2.05) is 45.0 Å². The van der Waals surface area contributed by atoms with Crippen molar-refractivity contribution in [2.24, 2.45) is 0 Å². The summed E-state index contributed by atoms with van der Waals surface area (Å²) >= 11 is 3.49. The maximum absolute atomic E-state index is 12.4. The van der Waals surface area contributed by atoms with Gasteiger partial charge in [0.15, 0.2) is 0 Å². The molecule has 10 heteroatoms. The Bertz CT molecular complexity index is 1180. The number of halogens is 1. The summed E-state index contributed by atoms with van der Waals surface area (Å²) in [5.41, 5.74) is 4.48. The van der Waals surface area contributed by atoms with Crippen LogP contribution in [0.15, 0.2) is 40.4 Å². The average molecular weight is 530 g/mol. The molecule has 0 atom stereocenters. The summed E-state index contributed by atoms with van der Waals surface area (Å²) in [4.78, 5) is 45.5. The smallest absolute Gasteiger partial charge is 0.410 e. The van der Waals surface area contributed by atoms with Gasteiger partial charge in [-0.1, -0.05) is 22.0 Å². The van der Waals surface area contributed by atoms with E-state index < -0.39 is 11.5 Å². The molecule has 0 aliphatic carbocycles. The van der Waals surface area contributed by atoms with E-state index in [1.54, 1.807) is 11.8 Å². The van der Waals surface area contributed by atoms with Crippen LogP contribution in [0, 0.1) is 0 Å². The molecular weight excluding hydrogens is 502 g/mol. The summed E-state index contributed by atoms with van der Waals surface area (Å²) in [6.45, 7) is 10.4. The largest absolute Gasteiger partial charge is 0.444 e. The van der Waals surface area contributed by atoms with Crippen LogP contribution in [0.1, 0.15) is 33.3 Å². The second kappa shape index (κ2) is 9.34. The van der Waals surface area contributed by atoms with Crippen molar-refractivity contribution in [3.63, 3.8) is 0 Å². The van der Waals surface area contributed by atoms with Crippen molar-refractivity contribution in [1.29, 1.82) is 0 Å². The zero-order chi connectivity index (χ0) is 24.6. The van der Waals surface area contributed by atoms with Gasteiger partial charge in [0.05, 0.1) is 5.52 Å². The first-order valence-corrected chi connectivity index (χ1v) is 11.9. The van der Waals surface area contributed by atoms with Gasteiger partial charge in [0.25, 0.3) is 11.8 Å². The van der Waals surface area contributed by atoms with Gasteiger partial charge in [-0.05, 0) is 51.5 Å². The zero-order valence-corrected chi connectivity index (χ0v) is 21.3. The minimum Gasteiger partial charge on any atom is -0.444 e. The third-order valence-electron chi connectivity index (χ3n) is 5.60. The maximum atomic E-state index is 12.4. The molecule has 34 heavy (non-hydrogen) atoms. The highest BCUT2D eigenvalue weighted by Crippen LogP contribution is 2.27. The van der Waals surface area contributed by atoms with Crippen LogP contribution in [0.3, 0.4) is 0 Å². The van der Waals surface area contributed by atoms with Crippen LogP contribution in [0.25, 0.3) is 10.9 Å². The third-order valence-corrected chi connectivity index (χ3v) is 6.10. The van der Waals surface area contributed by atoms with Crippen molar-refractivity contribution in [3.05, 3.63) is 46.0 Å². The molecule has 2 aliphatic heterocycles. The maximum Gasteiger partial charge on any atom is 0.410 e. The number of hydrogen-bond acceptors (Lipinski definition) is 7. The summed E-state index contributed by atoms with van der Waals surface area (Å²) in [5, 5.41) is 1.96. The Balaban J connectivity index is 1.51. The summed E-state index contributed by atoms with van der Waals surface area (Å²) < 4.78 is 6.37. The summed E-state index contributed by atoms with van der Waals surface area (Å²) in [6, 6.07) is 7.73. The second-order valence-electron chi connectivity index (χ2n) is 9.49. The number of rotatable bonds is 4. The molecule has 2 aliphatic rings. The topological polar surface area (TPSA) is 95.1 Å². The average Bonchev–Trinajstić information content (AvgIpc) is 2.98. The van der Waals surface area contributed by atoms with Crippen molar-refractivity contribution >= 4 is 50.6 Å². The first-order valence-electron chi connectivity index (χ1n) is 11.1. The molecule has 3 amide bonds. The summed E-state index contributed by atoms with van der Waals surface area (Å²) in [6.07, 6.45) is 1.01. The minimum absolute atomic E-state index is 0.290. The van der Waals surface area contributed by atoms with Crippen LogP contribution < -0.4 is 5.43 Å². The van der Waals surface area contributed by atoms with Gasteiger partial charge in [-0.15, -0.1) is 0 Å². The molecule has 1 fully saturated rings. The molecule has 0 saturated carbocycles. The fraction of sp³-hybridized carbons (Fsp3) is 0.417. The van der Waals surface area contributed by atoms with E-state index in [0.717, 1.165) is 25.9 Å². The number of carbonyl (C=O) groups is 3. The van der Waals surface area contributed by atoms with E-state index in [9.17, 15) is 14.4 Å². The number of hydrazine groups is 1. The van der Waals surface area contributed by atoms with Gasteiger partial charge in [0.2, 0.25) is 0 Å². The first kappa shape index (κ1) is 24.2. The van der Waals surface area contributed by atoms with Gasteiger partial charge in [0.1, 0.15) is 11.4 Å². The predicted octanol–water partition coefficient (Wildman–Crippen LogP) is 3.69. The van der Waals surface area contributed by atoms with Gasteiger partial charge in [-0.25, -0.2) is 9.78 Å². The van der Waals surface area contributed by atoms with Crippen molar-refractivity contribution in [2.45, 2.75) is 39.8 Å². The second-order valence-corrected chi connectivity index (χ2v) is 10.4. The van der Waals surface area contributed by atoms with E-state index in [0.29, 0.717) is 44.1 Å². The molecule has 1 aromatic carbocycles. The number of carbonyl (C=O) groups excluding carboxylic acids is 3. The normalized spacial score (nSPS) is 17.4. The van der Waals surface area contributed by atoms with Crippen LogP contribution in [0.5, 0.6) is 0 Å². The lowest BCUT2D eigenvalue weighted by atomic mass is 10.1. The first-order chi connectivity index (χ1) is 16.0. The molecule has 0 spiro atoms. The van der Waals surface area contributed by atoms with Crippen molar-refractivity contribution in [2.75, 3.05) is 31.6 Å². The Morgan fingerprint density at radius 1 is 1.15 bits per heavy atom. The number of aromatic nitrogens is 1. The number of imide groups is 1. The number of piperazine rings is 1. The lowest BCUT2D eigenvalue weighted by Crippen LogP contribution is -2.49. The molecule has 180 valence electrons. The Labute approximate surface area is 206 Å². The molecule has 0 unspecified atom stereocenters. The van der Waals surface area contributed by atoms with E-state index in [-0.39, 0.29) is 12.0 Å². The number of fused-ring (bicyclic) bond motifs is 1. The lowest BCUT2D eigenvalue weighted by Gasteiger charge is -2.35. The van der Waals surface area contributed by atoms with Crippen LogP contribution in [-0.4, -0.2) is 69.5 Å². The minimum atomic E-state index is -0.520. The number of hydrogen-bond donors (Lipinski definition) is 1. The molecule has 0 radical (unpaired) electrons. The molecule has 4 rings (SSSR count). The Morgan fingerprint density at radius 2 is 1.85 bits per heavy atom. The van der Waals surface area contributed by atoms with Crippen LogP contribution in [0.2, 0.25) is 0 Å². The van der Waals surface area contributed by atoms with Gasteiger partial charge in [0, 0.05) is 54.2 Å².